The molecular weight excluding hydrogens is 631 g/mol. The van der Waals surface area contributed by atoms with Crippen LogP contribution in [0.2, 0.25) is 0 Å². The molecule has 0 spiro atoms. The van der Waals surface area contributed by atoms with Crippen LogP contribution in [0.4, 0.5) is 0 Å². The summed E-state index contributed by atoms with van der Waals surface area (Å²) < 4.78 is 11.9. The normalized spacial score (nSPS) is 12.6. The van der Waals surface area contributed by atoms with Gasteiger partial charge in [0.1, 0.15) is 5.58 Å². The van der Waals surface area contributed by atoms with Gasteiger partial charge in [0.25, 0.3) is 0 Å². The summed E-state index contributed by atoms with van der Waals surface area (Å²) in [7, 11) is 0. The second kappa shape index (κ2) is 10.4. The number of hydrogen-bond donors (Lipinski definition) is 0. The Morgan fingerprint density at radius 3 is 1.90 bits per heavy atom. The first kappa shape index (κ1) is 28.0. The lowest BCUT2D eigenvalue weighted by atomic mass is 9.48. The fraction of sp³-hybridized carbons (Fsp3) is 0. The van der Waals surface area contributed by atoms with Crippen LogP contribution in [0.5, 0.6) is 0 Å². The van der Waals surface area contributed by atoms with Gasteiger partial charge in [-0.15, -0.1) is 0 Å². The van der Waals surface area contributed by atoms with Crippen LogP contribution in [-0.2, 0) is 0 Å². The van der Waals surface area contributed by atoms with Gasteiger partial charge >= 0.3 is 6.85 Å². The SMILES string of the molecule is c1ccc(-c2ccc3c(c2)c2cc(-c4ccccc4)cc4c2n3-c2ccccc2B4n2c3ccccc3c3ccc4c5ccccc5oc4c32)cc1. The summed E-state index contributed by atoms with van der Waals surface area (Å²) in [5.41, 5.74) is 15.3. The lowest BCUT2D eigenvalue weighted by Crippen LogP contribution is -2.53. The number of para-hydroxylation sites is 3. The summed E-state index contributed by atoms with van der Waals surface area (Å²) in [6.07, 6.45) is 0. The summed E-state index contributed by atoms with van der Waals surface area (Å²) in [5.74, 6) is 0. The minimum atomic E-state index is -0.117. The summed E-state index contributed by atoms with van der Waals surface area (Å²) in [6.45, 7) is -0.117. The molecule has 0 N–H and O–H groups in total. The maximum Gasteiger partial charge on any atom is 0.332 e. The quantitative estimate of drug-likeness (QED) is 0.173. The Balaban J connectivity index is 1.27. The molecule has 0 saturated heterocycles. The van der Waals surface area contributed by atoms with Crippen molar-refractivity contribution in [1.29, 1.82) is 0 Å². The molecule has 3 nitrogen and oxygen atoms in total. The second-order valence-corrected chi connectivity index (χ2v) is 14.0. The van der Waals surface area contributed by atoms with Gasteiger partial charge in [0.05, 0.1) is 16.6 Å². The number of fused-ring (bicyclic) bond motifs is 12. The average Bonchev–Trinajstić information content (AvgIpc) is 3.87. The third-order valence-corrected chi connectivity index (χ3v) is 11.3. The van der Waals surface area contributed by atoms with Gasteiger partial charge in [0, 0.05) is 43.5 Å². The molecular formula is C48H29BN2O. The molecule has 12 rings (SSSR count). The van der Waals surface area contributed by atoms with Gasteiger partial charge in [-0.1, -0.05) is 133 Å². The molecule has 1 aliphatic rings. The van der Waals surface area contributed by atoms with Gasteiger partial charge in [-0.2, -0.15) is 0 Å². The molecule has 0 fully saturated rings. The second-order valence-electron chi connectivity index (χ2n) is 14.0. The highest BCUT2D eigenvalue weighted by Crippen LogP contribution is 2.42. The van der Waals surface area contributed by atoms with Crippen molar-refractivity contribution in [1.82, 2.24) is 9.05 Å². The third-order valence-electron chi connectivity index (χ3n) is 11.3. The first-order chi connectivity index (χ1) is 25.8. The number of hydrogen-bond acceptors (Lipinski definition) is 1. The molecule has 0 radical (unpaired) electrons. The molecule has 4 heteroatoms. The van der Waals surface area contributed by atoms with Gasteiger partial charge in [-0.25, -0.2) is 0 Å². The van der Waals surface area contributed by atoms with Crippen LogP contribution >= 0.6 is 0 Å². The molecule has 4 heterocycles. The van der Waals surface area contributed by atoms with Crippen LogP contribution < -0.4 is 10.9 Å². The first-order valence-corrected chi connectivity index (χ1v) is 18.0. The van der Waals surface area contributed by atoms with Gasteiger partial charge in [0.2, 0.25) is 0 Å². The van der Waals surface area contributed by atoms with E-state index in [-0.39, 0.29) is 6.85 Å². The molecule has 0 aliphatic carbocycles. The van der Waals surface area contributed by atoms with E-state index in [4.69, 9.17) is 4.42 Å². The highest BCUT2D eigenvalue weighted by atomic mass is 16.3. The highest BCUT2D eigenvalue weighted by Gasteiger charge is 2.37. The van der Waals surface area contributed by atoms with Crippen molar-refractivity contribution in [2.24, 2.45) is 0 Å². The first-order valence-electron chi connectivity index (χ1n) is 18.0. The predicted molar refractivity (Wildman–Crippen MR) is 219 cm³/mol. The number of aromatic nitrogens is 2. The Morgan fingerprint density at radius 1 is 0.385 bits per heavy atom. The Labute approximate surface area is 299 Å². The van der Waals surface area contributed by atoms with Crippen LogP contribution in [-0.4, -0.2) is 15.9 Å². The van der Waals surface area contributed by atoms with E-state index >= 15 is 0 Å². The summed E-state index contributed by atoms with van der Waals surface area (Å²) in [4.78, 5) is 0. The van der Waals surface area contributed by atoms with E-state index < -0.39 is 0 Å². The monoisotopic (exact) mass is 660 g/mol. The Bertz CT molecular complexity index is 3240. The van der Waals surface area contributed by atoms with E-state index in [9.17, 15) is 0 Å². The zero-order valence-corrected chi connectivity index (χ0v) is 28.1. The van der Waals surface area contributed by atoms with Crippen molar-refractivity contribution in [2.75, 3.05) is 0 Å². The standard InChI is InChI=1S/C48H29BN2O/c1-3-13-30(14-4-1)32-23-26-42-38(27-32)39-28-33(31-15-5-2-6-16-31)29-41-46(39)50(42)44-21-11-9-19-40(44)49(41)51-43-20-10-7-17-34(43)36-24-25-37-35-18-8-12-22-45(35)52-48(37)47(36)51/h1-29H. The maximum absolute atomic E-state index is 6.83. The largest absolute Gasteiger partial charge is 0.454 e. The summed E-state index contributed by atoms with van der Waals surface area (Å²) >= 11 is 0. The van der Waals surface area contributed by atoms with Crippen LogP contribution in [0.1, 0.15) is 0 Å². The molecule has 0 unspecified atom stereocenters. The van der Waals surface area contributed by atoms with E-state index in [1.165, 1.54) is 77.0 Å². The Kier molecular flexibility index (Phi) is 5.58. The lowest BCUT2D eigenvalue weighted by molar-refractivity contribution is 0.671. The summed E-state index contributed by atoms with van der Waals surface area (Å²) in [5, 5.41) is 7.23. The van der Waals surface area contributed by atoms with Gasteiger partial charge < -0.3 is 13.5 Å². The molecule has 0 saturated carbocycles. The fourth-order valence-electron chi connectivity index (χ4n) is 9.14. The highest BCUT2D eigenvalue weighted by molar-refractivity contribution is 6.88. The van der Waals surface area contributed by atoms with E-state index in [0.717, 1.165) is 27.5 Å². The minimum Gasteiger partial charge on any atom is -0.454 e. The third kappa shape index (κ3) is 3.71. The molecule has 0 atom stereocenters. The smallest absolute Gasteiger partial charge is 0.332 e. The number of nitrogens with zero attached hydrogens (tertiary/aromatic N) is 2. The molecule has 11 aromatic rings. The number of benzene rings is 8. The van der Waals surface area contributed by atoms with E-state index in [0.29, 0.717) is 0 Å². The van der Waals surface area contributed by atoms with E-state index in [2.05, 4.69) is 185 Å². The Morgan fingerprint density at radius 2 is 1.06 bits per heavy atom. The summed E-state index contributed by atoms with van der Waals surface area (Å²) in [6, 6.07) is 64.2. The molecule has 3 aromatic heterocycles. The number of furan rings is 1. The van der Waals surface area contributed by atoms with Crippen molar-refractivity contribution in [3.05, 3.63) is 176 Å². The van der Waals surface area contributed by atoms with Gasteiger partial charge in [0.15, 0.2) is 5.58 Å². The average molecular weight is 661 g/mol. The maximum atomic E-state index is 6.83. The molecule has 0 bridgehead atoms. The number of rotatable bonds is 3. The van der Waals surface area contributed by atoms with Crippen molar-refractivity contribution < 1.29 is 4.42 Å². The van der Waals surface area contributed by atoms with Crippen LogP contribution in [0.25, 0.3) is 93.5 Å². The molecule has 0 amide bonds. The van der Waals surface area contributed by atoms with Crippen LogP contribution in [0.15, 0.2) is 180 Å². The fourth-order valence-corrected chi connectivity index (χ4v) is 9.14. The Hall–Kier alpha value is -6.78. The van der Waals surface area contributed by atoms with Gasteiger partial charge in [-0.05, 0) is 75.6 Å². The van der Waals surface area contributed by atoms with E-state index in [1.54, 1.807) is 0 Å². The van der Waals surface area contributed by atoms with Crippen molar-refractivity contribution in [2.45, 2.75) is 0 Å². The van der Waals surface area contributed by atoms with Gasteiger partial charge in [-0.3, -0.25) is 0 Å². The zero-order chi connectivity index (χ0) is 33.9. The van der Waals surface area contributed by atoms with Crippen molar-refractivity contribution in [3.63, 3.8) is 0 Å². The molecule has 52 heavy (non-hydrogen) atoms. The zero-order valence-electron chi connectivity index (χ0n) is 28.1. The van der Waals surface area contributed by atoms with E-state index in [1.807, 2.05) is 0 Å². The topological polar surface area (TPSA) is 23.0 Å². The van der Waals surface area contributed by atoms with Crippen molar-refractivity contribution >= 4 is 83.3 Å². The van der Waals surface area contributed by atoms with Crippen LogP contribution in [0.3, 0.4) is 0 Å². The minimum absolute atomic E-state index is 0.117. The van der Waals surface area contributed by atoms with Crippen LogP contribution in [0, 0.1) is 0 Å². The van der Waals surface area contributed by atoms with Crippen molar-refractivity contribution in [3.8, 4) is 27.9 Å². The molecule has 240 valence electrons. The predicted octanol–water partition coefficient (Wildman–Crippen LogP) is 11.1. The molecule has 8 aromatic carbocycles. The lowest BCUT2D eigenvalue weighted by Gasteiger charge is -2.29. The molecule has 1 aliphatic heterocycles.